The predicted molar refractivity (Wildman–Crippen MR) is 67.6 cm³/mol. The summed E-state index contributed by atoms with van der Waals surface area (Å²) >= 11 is 0. The van der Waals surface area contributed by atoms with Crippen LogP contribution in [-0.2, 0) is 16.1 Å². The van der Waals surface area contributed by atoms with Crippen molar-refractivity contribution in [1.29, 1.82) is 0 Å². The fraction of sp³-hybridized carbons (Fsp3) is 0.429. The van der Waals surface area contributed by atoms with Crippen LogP contribution in [-0.4, -0.2) is 11.8 Å². The number of benzene rings is 1. The minimum Gasteiger partial charge on any atom is -0.326 e. The lowest BCUT2D eigenvalue weighted by atomic mass is 10.0. The number of fused-ring (bicyclic) bond motifs is 1. The monoisotopic (exact) mass is 244 g/mol. The van der Waals surface area contributed by atoms with Crippen LogP contribution in [0.3, 0.4) is 0 Å². The Morgan fingerprint density at radius 2 is 1.61 bits per heavy atom. The molecule has 2 fully saturated rings. The molecule has 0 radical (unpaired) electrons. The Balaban J connectivity index is 1.91. The van der Waals surface area contributed by atoms with Crippen LogP contribution in [0.2, 0.25) is 0 Å². The predicted octanol–water partition coefficient (Wildman–Crippen LogP) is 1.29. The maximum absolute atomic E-state index is 12.2. The average Bonchev–Trinajstić information content (AvgIpc) is 2.80. The van der Waals surface area contributed by atoms with Crippen molar-refractivity contribution in [2.75, 3.05) is 4.90 Å². The van der Waals surface area contributed by atoms with Crippen molar-refractivity contribution in [1.82, 2.24) is 0 Å². The number of nitrogens with two attached hydrogens (primary N) is 1. The molecule has 1 aromatic rings. The van der Waals surface area contributed by atoms with Crippen molar-refractivity contribution in [2.45, 2.75) is 20.4 Å². The molecule has 4 heteroatoms. The van der Waals surface area contributed by atoms with Crippen LogP contribution in [0.25, 0.3) is 0 Å². The molecule has 94 valence electrons. The molecule has 1 aliphatic heterocycles. The maximum Gasteiger partial charge on any atom is 0.238 e. The summed E-state index contributed by atoms with van der Waals surface area (Å²) in [6.45, 7) is 4.42. The summed E-state index contributed by atoms with van der Waals surface area (Å²) in [5, 5.41) is 0. The SMILES string of the molecule is CC1(C)C2C(=O)N(c3ccc(CN)cc3)C(=O)C21. The third-order valence-electron chi connectivity index (χ3n) is 4.23. The van der Waals surface area contributed by atoms with E-state index >= 15 is 0 Å². The Bertz CT molecular complexity index is 509. The molecule has 1 aliphatic carbocycles. The Hall–Kier alpha value is -1.68. The molecule has 2 unspecified atom stereocenters. The number of rotatable bonds is 2. The highest BCUT2D eigenvalue weighted by atomic mass is 16.2. The first-order chi connectivity index (χ1) is 8.48. The smallest absolute Gasteiger partial charge is 0.238 e. The van der Waals surface area contributed by atoms with Crippen molar-refractivity contribution in [2.24, 2.45) is 23.0 Å². The second-order valence-electron chi connectivity index (χ2n) is 5.66. The number of carbonyl (C=O) groups is 2. The third kappa shape index (κ3) is 1.29. The van der Waals surface area contributed by atoms with E-state index in [9.17, 15) is 9.59 Å². The first kappa shape index (κ1) is 11.4. The molecule has 1 heterocycles. The van der Waals surface area contributed by atoms with Crippen LogP contribution < -0.4 is 10.6 Å². The molecule has 2 aliphatic rings. The van der Waals surface area contributed by atoms with E-state index in [0.717, 1.165) is 5.56 Å². The van der Waals surface area contributed by atoms with Gasteiger partial charge in [-0.1, -0.05) is 26.0 Å². The van der Waals surface area contributed by atoms with E-state index in [1.54, 1.807) is 12.1 Å². The lowest BCUT2D eigenvalue weighted by Crippen LogP contribution is -2.36. The van der Waals surface area contributed by atoms with Crippen LogP contribution in [0.1, 0.15) is 19.4 Å². The molecule has 1 saturated heterocycles. The lowest BCUT2D eigenvalue weighted by molar-refractivity contribution is -0.125. The first-order valence-corrected chi connectivity index (χ1v) is 6.15. The second kappa shape index (κ2) is 3.42. The molecule has 2 atom stereocenters. The van der Waals surface area contributed by atoms with Gasteiger partial charge in [0.05, 0.1) is 17.5 Å². The van der Waals surface area contributed by atoms with E-state index in [1.807, 2.05) is 26.0 Å². The van der Waals surface area contributed by atoms with Gasteiger partial charge in [0, 0.05) is 6.54 Å². The van der Waals surface area contributed by atoms with Crippen LogP contribution in [0.15, 0.2) is 24.3 Å². The number of amides is 2. The number of nitrogens with zero attached hydrogens (tertiary/aromatic N) is 1. The van der Waals surface area contributed by atoms with Crippen molar-refractivity contribution in [3.8, 4) is 0 Å². The van der Waals surface area contributed by atoms with Crippen LogP contribution >= 0.6 is 0 Å². The summed E-state index contributed by atoms with van der Waals surface area (Å²) in [5.41, 5.74) is 7.02. The average molecular weight is 244 g/mol. The maximum atomic E-state index is 12.2. The number of piperidine rings is 1. The highest BCUT2D eigenvalue weighted by Crippen LogP contribution is 2.63. The van der Waals surface area contributed by atoms with Gasteiger partial charge in [0.25, 0.3) is 0 Å². The minimum atomic E-state index is -0.151. The summed E-state index contributed by atoms with van der Waals surface area (Å²) in [7, 11) is 0. The highest BCUT2D eigenvalue weighted by molar-refractivity contribution is 6.25. The van der Waals surface area contributed by atoms with Gasteiger partial charge in [-0.2, -0.15) is 0 Å². The van der Waals surface area contributed by atoms with Gasteiger partial charge in [-0.3, -0.25) is 14.5 Å². The fourth-order valence-electron chi connectivity index (χ4n) is 2.98. The van der Waals surface area contributed by atoms with Gasteiger partial charge in [0.2, 0.25) is 11.8 Å². The zero-order valence-corrected chi connectivity index (χ0v) is 10.5. The molecule has 2 amide bonds. The Morgan fingerprint density at radius 3 is 2.06 bits per heavy atom. The van der Waals surface area contributed by atoms with E-state index in [0.29, 0.717) is 12.2 Å². The Labute approximate surface area is 106 Å². The quantitative estimate of drug-likeness (QED) is 0.797. The number of carbonyl (C=O) groups excluding carboxylic acids is 2. The van der Waals surface area contributed by atoms with Crippen LogP contribution in [0, 0.1) is 17.3 Å². The summed E-state index contributed by atoms with van der Waals surface area (Å²) in [6.07, 6.45) is 0. The number of hydrogen-bond donors (Lipinski definition) is 1. The summed E-state index contributed by atoms with van der Waals surface area (Å²) < 4.78 is 0. The Kier molecular flexibility index (Phi) is 2.17. The molecule has 4 nitrogen and oxygen atoms in total. The molecule has 3 rings (SSSR count). The normalized spacial score (nSPS) is 28.5. The van der Waals surface area contributed by atoms with E-state index in [1.165, 1.54) is 4.90 Å². The van der Waals surface area contributed by atoms with Gasteiger partial charge in [-0.25, -0.2) is 0 Å². The molecule has 2 N–H and O–H groups in total. The largest absolute Gasteiger partial charge is 0.326 e. The molecular weight excluding hydrogens is 228 g/mol. The topological polar surface area (TPSA) is 63.4 Å². The van der Waals surface area contributed by atoms with Gasteiger partial charge in [0.15, 0.2) is 0 Å². The van der Waals surface area contributed by atoms with Crippen LogP contribution in [0.5, 0.6) is 0 Å². The molecule has 18 heavy (non-hydrogen) atoms. The molecule has 0 bridgehead atoms. The minimum absolute atomic E-state index is 0.0597. The van der Waals surface area contributed by atoms with Crippen molar-refractivity contribution in [3.05, 3.63) is 29.8 Å². The first-order valence-electron chi connectivity index (χ1n) is 6.15. The zero-order chi connectivity index (χ0) is 13.1. The summed E-state index contributed by atoms with van der Waals surface area (Å²) in [5.74, 6) is -0.371. The summed E-state index contributed by atoms with van der Waals surface area (Å²) in [6, 6.07) is 7.28. The molecular formula is C14H16N2O2. The van der Waals surface area contributed by atoms with Crippen molar-refractivity contribution in [3.63, 3.8) is 0 Å². The summed E-state index contributed by atoms with van der Waals surface area (Å²) in [4.78, 5) is 25.7. The Morgan fingerprint density at radius 1 is 1.11 bits per heavy atom. The second-order valence-corrected chi connectivity index (χ2v) is 5.66. The van der Waals surface area contributed by atoms with E-state index in [4.69, 9.17) is 5.73 Å². The molecule has 1 saturated carbocycles. The molecule has 1 aromatic carbocycles. The van der Waals surface area contributed by atoms with Gasteiger partial charge < -0.3 is 5.73 Å². The molecule has 0 spiro atoms. The number of imide groups is 1. The van der Waals surface area contributed by atoms with E-state index < -0.39 is 0 Å². The van der Waals surface area contributed by atoms with E-state index in [-0.39, 0.29) is 29.1 Å². The third-order valence-corrected chi connectivity index (χ3v) is 4.23. The fourth-order valence-corrected chi connectivity index (χ4v) is 2.98. The van der Waals surface area contributed by atoms with Gasteiger partial charge in [-0.05, 0) is 23.1 Å². The standard InChI is InChI=1S/C14H16N2O2/c1-14(2)10-11(14)13(18)16(12(10)17)9-5-3-8(7-15)4-6-9/h3-6,10-11H,7,15H2,1-2H3. The number of hydrogen-bond acceptors (Lipinski definition) is 3. The highest BCUT2D eigenvalue weighted by Gasteiger charge is 2.72. The zero-order valence-electron chi connectivity index (χ0n) is 10.5. The van der Waals surface area contributed by atoms with Gasteiger partial charge >= 0.3 is 0 Å². The molecule has 0 aromatic heterocycles. The van der Waals surface area contributed by atoms with Gasteiger partial charge in [0.1, 0.15) is 0 Å². The lowest BCUT2D eigenvalue weighted by Gasteiger charge is -2.20. The van der Waals surface area contributed by atoms with Crippen molar-refractivity contribution < 1.29 is 9.59 Å². The van der Waals surface area contributed by atoms with Crippen molar-refractivity contribution >= 4 is 17.5 Å². The van der Waals surface area contributed by atoms with Gasteiger partial charge in [-0.15, -0.1) is 0 Å². The van der Waals surface area contributed by atoms with E-state index in [2.05, 4.69) is 0 Å². The number of anilines is 1. The van der Waals surface area contributed by atoms with Crippen LogP contribution in [0.4, 0.5) is 5.69 Å².